The van der Waals surface area contributed by atoms with E-state index in [1.807, 2.05) is 6.08 Å². The molecule has 0 saturated carbocycles. The van der Waals surface area contributed by atoms with Crippen LogP contribution in [-0.4, -0.2) is 38.7 Å². The normalized spacial score (nSPS) is 18.2. The number of methoxy groups -OCH3 is 2. The third kappa shape index (κ3) is 5.22. The molecule has 0 heterocycles. The highest BCUT2D eigenvalue weighted by atomic mass is 35.5. The fourth-order valence-corrected chi connectivity index (χ4v) is 4.02. The molecule has 1 N–H and O–H groups in total. The van der Waals surface area contributed by atoms with Crippen molar-refractivity contribution in [1.82, 2.24) is 5.32 Å². The van der Waals surface area contributed by atoms with Crippen molar-refractivity contribution in [3.8, 4) is 11.5 Å². The molecule has 8 heteroatoms. The Morgan fingerprint density at radius 3 is 2.62 bits per heavy atom. The van der Waals surface area contributed by atoms with Gasteiger partial charge in [-0.15, -0.1) is 0 Å². The van der Waals surface area contributed by atoms with Crippen molar-refractivity contribution in [2.24, 2.45) is 5.92 Å². The number of carbonyl (C=O) groups excluding carboxylic acids is 2. The van der Waals surface area contributed by atoms with Crippen LogP contribution in [-0.2, 0) is 9.53 Å². The summed E-state index contributed by atoms with van der Waals surface area (Å²) in [6.07, 6.45) is 4.08. The van der Waals surface area contributed by atoms with Crippen LogP contribution >= 0.6 is 11.6 Å². The fraction of sp³-hybridized carbons (Fsp3) is 0.333. The van der Waals surface area contributed by atoms with Crippen molar-refractivity contribution in [1.29, 1.82) is 0 Å². The van der Waals surface area contributed by atoms with Crippen LogP contribution in [0.3, 0.4) is 0 Å². The average Bonchev–Trinajstić information content (AvgIpc) is 3.23. The number of benzene rings is 2. The van der Waals surface area contributed by atoms with E-state index in [0.717, 1.165) is 6.07 Å². The lowest BCUT2D eigenvalue weighted by Crippen LogP contribution is -2.34. The van der Waals surface area contributed by atoms with E-state index in [0.29, 0.717) is 23.5 Å². The summed E-state index contributed by atoms with van der Waals surface area (Å²) in [4.78, 5) is 25.5. The zero-order valence-electron chi connectivity index (χ0n) is 18.1. The largest absolute Gasteiger partial charge is 0.497 e. The maximum absolute atomic E-state index is 14.0. The summed E-state index contributed by atoms with van der Waals surface area (Å²) < 4.78 is 30.2. The summed E-state index contributed by atoms with van der Waals surface area (Å²) in [5.41, 5.74) is 0.499. The van der Waals surface area contributed by atoms with Gasteiger partial charge in [-0.25, -0.2) is 4.39 Å². The molecular weight excluding hydrogens is 437 g/mol. The average molecular weight is 462 g/mol. The molecule has 0 fully saturated rings. The van der Waals surface area contributed by atoms with Crippen LogP contribution in [0.2, 0.25) is 5.02 Å². The van der Waals surface area contributed by atoms with Gasteiger partial charge in [-0.3, -0.25) is 9.59 Å². The third-order valence-corrected chi connectivity index (χ3v) is 5.58. The molecule has 0 aliphatic heterocycles. The number of ether oxygens (including phenoxy) is 3. The molecular formula is C24H25ClFNO5. The first-order valence-electron chi connectivity index (χ1n) is 10.2. The highest BCUT2D eigenvalue weighted by Gasteiger charge is 2.36. The molecule has 2 aromatic carbocycles. The molecule has 2 aromatic rings. The summed E-state index contributed by atoms with van der Waals surface area (Å²) in [6.45, 7) is 1.97. The third-order valence-electron chi connectivity index (χ3n) is 5.35. The molecule has 1 aliphatic carbocycles. The van der Waals surface area contributed by atoms with Crippen LogP contribution in [0.1, 0.15) is 35.2 Å². The number of esters is 1. The van der Waals surface area contributed by atoms with Crippen molar-refractivity contribution >= 4 is 23.5 Å². The van der Waals surface area contributed by atoms with Crippen LogP contribution in [0.25, 0.3) is 0 Å². The summed E-state index contributed by atoms with van der Waals surface area (Å²) >= 11 is 5.89. The lowest BCUT2D eigenvalue weighted by molar-refractivity contribution is -0.146. The fourth-order valence-electron chi connectivity index (χ4n) is 3.85. The minimum Gasteiger partial charge on any atom is -0.497 e. The SMILES string of the molecule is CCOC(=O)C(c1cc(OC)ccc1OC)C1C=CC(NC(=O)c2cc(Cl)ccc2F)C1. The highest BCUT2D eigenvalue weighted by Crippen LogP contribution is 2.40. The molecule has 3 unspecified atom stereocenters. The molecule has 0 aromatic heterocycles. The molecule has 0 saturated heterocycles. The topological polar surface area (TPSA) is 73.9 Å². The molecule has 170 valence electrons. The predicted molar refractivity (Wildman–Crippen MR) is 119 cm³/mol. The minimum atomic E-state index is -0.666. The first-order chi connectivity index (χ1) is 15.4. The first kappa shape index (κ1) is 23.6. The van der Waals surface area contributed by atoms with Crippen LogP contribution in [0.4, 0.5) is 4.39 Å². The highest BCUT2D eigenvalue weighted by molar-refractivity contribution is 6.31. The van der Waals surface area contributed by atoms with E-state index in [4.69, 9.17) is 25.8 Å². The number of rotatable bonds is 8. The van der Waals surface area contributed by atoms with E-state index in [2.05, 4.69) is 5.32 Å². The maximum Gasteiger partial charge on any atom is 0.314 e. The lowest BCUT2D eigenvalue weighted by Gasteiger charge is -2.24. The van der Waals surface area contributed by atoms with E-state index >= 15 is 0 Å². The number of carbonyl (C=O) groups is 2. The Hall–Kier alpha value is -3.06. The van der Waals surface area contributed by atoms with Crippen LogP contribution in [0, 0.1) is 11.7 Å². The van der Waals surface area contributed by atoms with Crippen molar-refractivity contribution in [2.75, 3.05) is 20.8 Å². The Balaban J connectivity index is 1.83. The quantitative estimate of drug-likeness (QED) is 0.462. The second kappa shape index (κ2) is 10.5. The van der Waals surface area contributed by atoms with Gasteiger partial charge in [0.25, 0.3) is 5.91 Å². The van der Waals surface area contributed by atoms with Gasteiger partial charge in [0.05, 0.1) is 32.3 Å². The Kier molecular flexibility index (Phi) is 7.75. The van der Waals surface area contributed by atoms with Gasteiger partial charge in [-0.05, 0) is 55.7 Å². The number of hydrogen-bond donors (Lipinski definition) is 1. The van der Waals surface area contributed by atoms with Gasteiger partial charge in [-0.2, -0.15) is 0 Å². The second-order valence-electron chi connectivity index (χ2n) is 7.33. The summed E-state index contributed by atoms with van der Waals surface area (Å²) in [5, 5.41) is 3.06. The molecule has 1 aliphatic rings. The van der Waals surface area contributed by atoms with Crippen LogP contribution < -0.4 is 14.8 Å². The van der Waals surface area contributed by atoms with Crippen molar-refractivity contribution < 1.29 is 28.2 Å². The number of halogens is 2. The Labute approximate surface area is 191 Å². The van der Waals surface area contributed by atoms with Gasteiger partial charge < -0.3 is 19.5 Å². The molecule has 0 radical (unpaired) electrons. The van der Waals surface area contributed by atoms with Crippen LogP contribution in [0.5, 0.6) is 11.5 Å². The molecule has 0 bridgehead atoms. The van der Waals surface area contributed by atoms with E-state index in [-0.39, 0.29) is 29.2 Å². The predicted octanol–water partition coefficient (Wildman–Crippen LogP) is 4.52. The maximum atomic E-state index is 14.0. The van der Waals surface area contributed by atoms with E-state index in [1.165, 1.54) is 19.2 Å². The number of amides is 1. The zero-order chi connectivity index (χ0) is 23.3. The number of allylic oxidation sites excluding steroid dienone is 1. The monoisotopic (exact) mass is 461 g/mol. The van der Waals surface area contributed by atoms with Crippen molar-refractivity contribution in [2.45, 2.75) is 25.3 Å². The van der Waals surface area contributed by atoms with Gasteiger partial charge in [0, 0.05) is 16.6 Å². The molecule has 3 atom stereocenters. The molecule has 6 nitrogen and oxygen atoms in total. The van der Waals surface area contributed by atoms with Crippen LogP contribution in [0.15, 0.2) is 48.6 Å². The van der Waals surface area contributed by atoms with Gasteiger partial charge in [0.1, 0.15) is 17.3 Å². The smallest absolute Gasteiger partial charge is 0.314 e. The number of nitrogens with one attached hydrogen (secondary N) is 1. The molecule has 3 rings (SSSR count). The Morgan fingerprint density at radius 2 is 1.94 bits per heavy atom. The lowest BCUT2D eigenvalue weighted by atomic mass is 9.84. The van der Waals surface area contributed by atoms with Crippen molar-refractivity contribution in [3.05, 3.63) is 70.5 Å². The summed E-state index contributed by atoms with van der Waals surface area (Å²) in [5.74, 6) is -1.46. The van der Waals surface area contributed by atoms with E-state index in [1.54, 1.807) is 38.3 Å². The van der Waals surface area contributed by atoms with Gasteiger partial charge >= 0.3 is 5.97 Å². The van der Waals surface area contributed by atoms with Gasteiger partial charge in [-0.1, -0.05) is 23.8 Å². The zero-order valence-corrected chi connectivity index (χ0v) is 18.8. The minimum absolute atomic E-state index is 0.134. The summed E-state index contributed by atoms with van der Waals surface area (Å²) in [6, 6.07) is 8.66. The van der Waals surface area contributed by atoms with Gasteiger partial charge in [0.15, 0.2) is 0 Å². The molecule has 1 amide bonds. The van der Waals surface area contributed by atoms with E-state index in [9.17, 15) is 14.0 Å². The Morgan fingerprint density at radius 1 is 1.16 bits per heavy atom. The van der Waals surface area contributed by atoms with E-state index < -0.39 is 23.6 Å². The van der Waals surface area contributed by atoms with Crippen molar-refractivity contribution in [3.63, 3.8) is 0 Å². The summed E-state index contributed by atoms with van der Waals surface area (Å²) in [7, 11) is 3.07. The number of hydrogen-bond acceptors (Lipinski definition) is 5. The van der Waals surface area contributed by atoms with Gasteiger partial charge in [0.2, 0.25) is 0 Å². The molecule has 0 spiro atoms. The Bertz CT molecular complexity index is 1030. The standard InChI is InChI=1S/C24H25ClFNO5/c1-4-32-24(29)22(19-13-17(30-2)8-10-21(19)31-3)14-5-7-16(11-14)27-23(28)18-12-15(25)6-9-20(18)26/h5-10,12-14,16,22H,4,11H2,1-3H3,(H,27,28). The molecule has 32 heavy (non-hydrogen) atoms. The second-order valence-corrected chi connectivity index (χ2v) is 7.76. The first-order valence-corrected chi connectivity index (χ1v) is 10.6.